The molecule has 2 aliphatic rings. The van der Waals surface area contributed by atoms with Crippen molar-refractivity contribution in [1.82, 2.24) is 5.23 Å². The van der Waals surface area contributed by atoms with Crippen LogP contribution in [0.2, 0.25) is 0 Å². The largest absolute Gasteiger partial charge is 1.00 e. The second-order valence-corrected chi connectivity index (χ2v) is 7.78. The summed E-state index contributed by atoms with van der Waals surface area (Å²) in [6, 6.07) is 6.63. The van der Waals surface area contributed by atoms with Gasteiger partial charge < -0.3 is 11.5 Å². The molecule has 0 fully saturated rings. The first-order chi connectivity index (χ1) is 14.5. The van der Waals surface area contributed by atoms with Gasteiger partial charge >= 0.3 is 40.1 Å². The topological polar surface area (TPSA) is 217 Å². The van der Waals surface area contributed by atoms with Gasteiger partial charge in [0.05, 0.1) is 5.71 Å². The zero-order valence-corrected chi connectivity index (χ0v) is 19.4. The number of benzene rings is 1. The molecule has 1 aromatic rings. The van der Waals surface area contributed by atoms with Gasteiger partial charge in [-0.3, -0.25) is 20.6 Å². The van der Waals surface area contributed by atoms with Crippen LogP contribution in [-0.4, -0.2) is 47.7 Å². The van der Waals surface area contributed by atoms with Crippen LogP contribution in [0, 0.1) is 5.41 Å². The molecule has 0 saturated heterocycles. The number of carbonyl (C=O) groups excluding carboxylic acids is 1. The zero-order valence-electron chi connectivity index (χ0n) is 16.6. The van der Waals surface area contributed by atoms with E-state index >= 15 is 0 Å². The maximum atomic E-state index is 12.3. The number of carbonyl (C=O) groups is 1. The van der Waals surface area contributed by atoms with Crippen LogP contribution in [0.5, 0.6) is 0 Å². The van der Waals surface area contributed by atoms with Crippen LogP contribution in [0.25, 0.3) is 11.3 Å². The SMILES string of the molecule is N=C1C=C([NH-])C(c2ccc(N)cc2)=CC1=NN=C1C=C([S+](=O)(O)O)C=C(N(O)O)C1=O.[Na+]. The summed E-state index contributed by atoms with van der Waals surface area (Å²) in [5.41, 5.74) is 13.7. The molecule has 0 amide bonds. The molecule has 8 N–H and O–H groups in total. The van der Waals surface area contributed by atoms with E-state index in [1.807, 2.05) is 0 Å². The molecule has 0 saturated carbocycles. The Morgan fingerprint density at radius 1 is 1.00 bits per heavy atom. The van der Waals surface area contributed by atoms with Crippen molar-refractivity contribution in [3.05, 3.63) is 76.2 Å². The summed E-state index contributed by atoms with van der Waals surface area (Å²) in [7, 11) is -4.55. The fourth-order valence-corrected chi connectivity index (χ4v) is 3.16. The van der Waals surface area contributed by atoms with Crippen molar-refractivity contribution in [2.75, 3.05) is 5.73 Å². The van der Waals surface area contributed by atoms with Crippen molar-refractivity contribution >= 4 is 44.7 Å². The molecule has 0 aromatic heterocycles. The third-order valence-corrected chi connectivity index (χ3v) is 5.02. The maximum absolute atomic E-state index is 12.3. The molecule has 3 rings (SSSR count). The molecule has 0 unspecified atom stereocenters. The number of ketones is 1. The molecular formula is C18H16N6NaO6S+. The summed E-state index contributed by atoms with van der Waals surface area (Å²) >= 11 is 0. The monoisotopic (exact) mass is 467 g/mol. The number of Topliss-reactive ketones (excluding diaryl/α,β-unsaturated/α-hetero) is 1. The minimum atomic E-state index is -4.55. The van der Waals surface area contributed by atoms with E-state index in [9.17, 15) is 18.1 Å². The van der Waals surface area contributed by atoms with E-state index in [2.05, 4.69) is 10.2 Å². The first kappa shape index (κ1) is 25.5. The molecule has 0 bridgehead atoms. The maximum Gasteiger partial charge on any atom is 1.00 e. The molecule has 0 spiro atoms. The smallest absolute Gasteiger partial charge is 0.698 e. The van der Waals surface area contributed by atoms with Crippen molar-refractivity contribution in [1.29, 1.82) is 5.41 Å². The Morgan fingerprint density at radius 2 is 1.59 bits per heavy atom. The Kier molecular flexibility index (Phi) is 7.82. The van der Waals surface area contributed by atoms with Crippen molar-refractivity contribution in [2.45, 2.75) is 0 Å². The second-order valence-electron chi connectivity index (χ2n) is 6.31. The number of allylic oxidation sites excluding steroid dienone is 6. The van der Waals surface area contributed by atoms with Gasteiger partial charge in [-0.2, -0.15) is 9.11 Å². The first-order valence-electron chi connectivity index (χ1n) is 8.38. The molecule has 0 aliphatic heterocycles. The third kappa shape index (κ3) is 5.53. The number of hydroxylamine groups is 2. The summed E-state index contributed by atoms with van der Waals surface area (Å²) < 4.78 is 30.2. The first-order valence-corrected chi connectivity index (χ1v) is 9.85. The van der Waals surface area contributed by atoms with E-state index in [0.29, 0.717) is 22.9 Å². The van der Waals surface area contributed by atoms with Crippen LogP contribution in [0.3, 0.4) is 0 Å². The molecule has 1 aromatic carbocycles. The van der Waals surface area contributed by atoms with Gasteiger partial charge in [0.1, 0.15) is 17.1 Å². The van der Waals surface area contributed by atoms with Crippen molar-refractivity contribution < 1.29 is 58.1 Å². The summed E-state index contributed by atoms with van der Waals surface area (Å²) in [6.07, 6.45) is 3.97. The van der Waals surface area contributed by atoms with E-state index in [0.717, 1.165) is 6.08 Å². The van der Waals surface area contributed by atoms with Gasteiger partial charge in [0, 0.05) is 17.8 Å². The number of nitrogen functional groups attached to an aromatic ring is 1. The van der Waals surface area contributed by atoms with Crippen LogP contribution in [0.1, 0.15) is 5.56 Å². The average Bonchev–Trinajstić information content (AvgIpc) is 2.68. The Hall–Kier alpha value is -2.75. The van der Waals surface area contributed by atoms with Gasteiger partial charge in [-0.05, 0) is 39.6 Å². The molecule has 0 radical (unpaired) electrons. The van der Waals surface area contributed by atoms with E-state index in [4.69, 9.17) is 27.3 Å². The standard InChI is InChI=1S/C18H16N6O6S.Na/c19-10-3-1-9(2-4-10)12-7-15(14(21)8-13(12)20)22-23-16-5-11(31(28,29)30)6-17(18(16)25)24(26)27;/h1-8,26-27H,(H6-,19,20,21,22,25,28,29,30);/q;+1. The number of nitrogens with zero attached hydrogens (tertiary/aromatic N) is 3. The number of anilines is 1. The number of hydrogen-bond acceptors (Lipinski definition) is 9. The number of hydrogen-bond donors (Lipinski definition) is 6. The summed E-state index contributed by atoms with van der Waals surface area (Å²) in [5, 5.41) is 33.2. The van der Waals surface area contributed by atoms with Crippen LogP contribution in [0.4, 0.5) is 5.69 Å². The molecule has 14 heteroatoms. The molecule has 160 valence electrons. The van der Waals surface area contributed by atoms with E-state index < -0.39 is 37.8 Å². The molecule has 0 atom stereocenters. The molecular weight excluding hydrogens is 451 g/mol. The van der Waals surface area contributed by atoms with Crippen molar-refractivity contribution in [3.8, 4) is 0 Å². The fourth-order valence-electron chi connectivity index (χ4n) is 2.63. The van der Waals surface area contributed by atoms with E-state index in [-0.39, 0.29) is 46.7 Å². The molecule has 0 heterocycles. The van der Waals surface area contributed by atoms with Crippen molar-refractivity contribution in [2.24, 2.45) is 10.2 Å². The Bertz CT molecular complexity index is 1210. The van der Waals surface area contributed by atoms with E-state index in [1.165, 1.54) is 12.2 Å². The van der Waals surface area contributed by atoms with E-state index in [1.54, 1.807) is 24.3 Å². The second kappa shape index (κ2) is 9.81. The predicted octanol–water partition coefficient (Wildman–Crippen LogP) is -0.701. The van der Waals surface area contributed by atoms with Crippen LogP contribution < -0.4 is 35.3 Å². The average molecular weight is 467 g/mol. The minimum absolute atomic E-state index is 0. The van der Waals surface area contributed by atoms with Crippen molar-refractivity contribution in [3.63, 3.8) is 0 Å². The summed E-state index contributed by atoms with van der Waals surface area (Å²) in [6.45, 7) is 0. The van der Waals surface area contributed by atoms with Gasteiger partial charge in [-0.1, -0.05) is 12.1 Å². The molecule has 12 nitrogen and oxygen atoms in total. The third-order valence-electron chi connectivity index (χ3n) is 4.17. The summed E-state index contributed by atoms with van der Waals surface area (Å²) in [5.74, 6) is -1.07. The zero-order chi connectivity index (χ0) is 22.9. The molecule has 2 aliphatic carbocycles. The van der Waals surface area contributed by atoms with Gasteiger partial charge in [-0.15, -0.1) is 21.1 Å². The number of nitrogens with two attached hydrogens (primary N) is 1. The van der Waals surface area contributed by atoms with Crippen LogP contribution in [-0.2, 0) is 19.5 Å². The summed E-state index contributed by atoms with van der Waals surface area (Å²) in [4.78, 5) is 11.6. The predicted molar refractivity (Wildman–Crippen MR) is 114 cm³/mol. The van der Waals surface area contributed by atoms with Gasteiger partial charge in [0.15, 0.2) is 0 Å². The minimum Gasteiger partial charge on any atom is -0.698 e. The Labute approximate surface area is 204 Å². The van der Waals surface area contributed by atoms with Gasteiger partial charge in [0.2, 0.25) is 10.7 Å². The quantitative estimate of drug-likeness (QED) is 0.109. The van der Waals surface area contributed by atoms with Gasteiger partial charge in [-0.25, -0.2) is 0 Å². The molecule has 32 heavy (non-hydrogen) atoms. The number of nitrogens with one attached hydrogen (secondary N) is 2. The van der Waals surface area contributed by atoms with Crippen LogP contribution in [0.15, 0.2) is 75.1 Å². The number of rotatable bonds is 4. The fraction of sp³-hybridized carbons (Fsp3) is 0. The normalized spacial score (nSPS) is 19.1. The van der Waals surface area contributed by atoms with Crippen LogP contribution >= 0.6 is 0 Å². The Balaban J connectivity index is 0.00000363. The van der Waals surface area contributed by atoms with Gasteiger partial charge in [0.25, 0.3) is 0 Å². The Morgan fingerprint density at radius 3 is 2.16 bits per heavy atom.